The zero-order valence-electron chi connectivity index (χ0n) is 10.6. The van der Waals surface area contributed by atoms with E-state index in [1.807, 2.05) is 24.3 Å². The van der Waals surface area contributed by atoms with Gasteiger partial charge in [-0.3, -0.25) is 4.99 Å². The second kappa shape index (κ2) is 6.29. The summed E-state index contributed by atoms with van der Waals surface area (Å²) in [5.41, 5.74) is 1.68. The number of benzene rings is 2. The van der Waals surface area contributed by atoms with Gasteiger partial charge in [0.1, 0.15) is 11.5 Å². The molecule has 0 aliphatic rings. The molecule has 0 atom stereocenters. The minimum atomic E-state index is 0.184. The van der Waals surface area contributed by atoms with Crippen LogP contribution >= 0.6 is 12.6 Å². The first-order valence-corrected chi connectivity index (χ1v) is 6.29. The maximum Gasteiger partial charge on any atom is 0.124 e. The zero-order chi connectivity index (χ0) is 13.7. The van der Waals surface area contributed by atoms with Crippen LogP contribution in [-0.4, -0.2) is 18.4 Å². The third-order valence-corrected chi connectivity index (χ3v) is 3.15. The lowest BCUT2D eigenvalue weighted by molar-refractivity contribution is 0.412. The quantitative estimate of drug-likeness (QED) is 0.663. The van der Waals surface area contributed by atoms with Crippen molar-refractivity contribution in [2.24, 2.45) is 4.99 Å². The van der Waals surface area contributed by atoms with Crippen LogP contribution in [0.3, 0.4) is 0 Å². The average molecular weight is 273 g/mol. The smallest absolute Gasteiger partial charge is 0.124 e. The van der Waals surface area contributed by atoms with E-state index in [9.17, 15) is 5.11 Å². The SMILES string of the molecule is COc1ccc(O)c(C=NCc2ccccc2S)c1. The van der Waals surface area contributed by atoms with Gasteiger partial charge in [-0.15, -0.1) is 12.6 Å². The van der Waals surface area contributed by atoms with Gasteiger partial charge in [-0.2, -0.15) is 0 Å². The summed E-state index contributed by atoms with van der Waals surface area (Å²) in [6, 6.07) is 12.8. The second-order valence-electron chi connectivity index (χ2n) is 4.02. The standard InChI is InChI=1S/C15H15NO2S/c1-18-13-6-7-14(17)12(8-13)10-16-9-11-4-2-3-5-15(11)19/h2-8,10,17,19H,9H2,1H3. The van der Waals surface area contributed by atoms with Gasteiger partial charge in [0.25, 0.3) is 0 Å². The molecular weight excluding hydrogens is 258 g/mol. The fourth-order valence-electron chi connectivity index (χ4n) is 1.65. The third kappa shape index (κ3) is 3.51. The highest BCUT2D eigenvalue weighted by Crippen LogP contribution is 2.21. The molecule has 2 aromatic carbocycles. The van der Waals surface area contributed by atoms with Crippen molar-refractivity contribution in [2.75, 3.05) is 7.11 Å². The lowest BCUT2D eigenvalue weighted by atomic mass is 10.2. The van der Waals surface area contributed by atoms with Gasteiger partial charge in [-0.25, -0.2) is 0 Å². The van der Waals surface area contributed by atoms with Gasteiger partial charge in [-0.05, 0) is 29.8 Å². The van der Waals surface area contributed by atoms with Gasteiger partial charge in [0, 0.05) is 16.7 Å². The Balaban J connectivity index is 2.13. The molecule has 0 aliphatic carbocycles. The second-order valence-corrected chi connectivity index (χ2v) is 4.51. The van der Waals surface area contributed by atoms with Crippen LogP contribution in [0.25, 0.3) is 0 Å². The summed E-state index contributed by atoms with van der Waals surface area (Å²) in [6.07, 6.45) is 1.64. The van der Waals surface area contributed by atoms with Gasteiger partial charge in [0.05, 0.1) is 13.7 Å². The number of thiol groups is 1. The molecule has 0 aliphatic heterocycles. The third-order valence-electron chi connectivity index (χ3n) is 2.72. The van der Waals surface area contributed by atoms with E-state index >= 15 is 0 Å². The average Bonchev–Trinajstić information content (AvgIpc) is 2.43. The maximum atomic E-state index is 9.72. The Hall–Kier alpha value is -1.94. The van der Waals surface area contributed by atoms with Crippen molar-refractivity contribution in [3.8, 4) is 11.5 Å². The van der Waals surface area contributed by atoms with Crippen molar-refractivity contribution < 1.29 is 9.84 Å². The van der Waals surface area contributed by atoms with Crippen molar-refractivity contribution in [2.45, 2.75) is 11.4 Å². The summed E-state index contributed by atoms with van der Waals surface area (Å²) in [5.74, 6) is 0.873. The van der Waals surface area contributed by atoms with Gasteiger partial charge >= 0.3 is 0 Å². The monoisotopic (exact) mass is 273 g/mol. The number of nitrogens with zero attached hydrogens (tertiary/aromatic N) is 1. The number of aliphatic imine (C=N–C) groups is 1. The van der Waals surface area contributed by atoms with E-state index in [4.69, 9.17) is 4.74 Å². The molecule has 0 aromatic heterocycles. The molecule has 98 valence electrons. The number of methoxy groups -OCH3 is 1. The van der Waals surface area contributed by atoms with E-state index in [0.29, 0.717) is 17.9 Å². The summed E-state index contributed by atoms with van der Waals surface area (Å²) in [7, 11) is 1.59. The van der Waals surface area contributed by atoms with Gasteiger partial charge in [0.15, 0.2) is 0 Å². The fourth-order valence-corrected chi connectivity index (χ4v) is 1.88. The minimum Gasteiger partial charge on any atom is -0.507 e. The van der Waals surface area contributed by atoms with Crippen LogP contribution in [0.2, 0.25) is 0 Å². The first kappa shape index (κ1) is 13.5. The van der Waals surface area contributed by atoms with Crippen LogP contribution in [0.15, 0.2) is 52.4 Å². The highest BCUT2D eigenvalue weighted by Gasteiger charge is 2.00. The number of hydrogen-bond donors (Lipinski definition) is 2. The summed E-state index contributed by atoms with van der Waals surface area (Å²) in [5, 5.41) is 9.72. The fraction of sp³-hybridized carbons (Fsp3) is 0.133. The van der Waals surface area contributed by atoms with Crippen LogP contribution in [0.4, 0.5) is 0 Å². The molecule has 0 unspecified atom stereocenters. The van der Waals surface area contributed by atoms with E-state index in [1.54, 1.807) is 31.5 Å². The van der Waals surface area contributed by atoms with Crippen LogP contribution in [0.5, 0.6) is 11.5 Å². The Bertz CT molecular complexity index is 596. The summed E-state index contributed by atoms with van der Waals surface area (Å²) >= 11 is 4.37. The molecule has 2 rings (SSSR count). The molecule has 0 saturated heterocycles. The van der Waals surface area contributed by atoms with Gasteiger partial charge < -0.3 is 9.84 Å². The number of ether oxygens (including phenoxy) is 1. The van der Waals surface area contributed by atoms with E-state index in [0.717, 1.165) is 10.5 Å². The molecule has 0 heterocycles. The van der Waals surface area contributed by atoms with Crippen LogP contribution in [0, 0.1) is 0 Å². The van der Waals surface area contributed by atoms with Crippen molar-refractivity contribution in [1.29, 1.82) is 0 Å². The molecule has 2 aromatic rings. The summed E-state index contributed by atoms with van der Waals surface area (Å²) in [4.78, 5) is 5.23. The minimum absolute atomic E-state index is 0.184. The van der Waals surface area contributed by atoms with E-state index in [2.05, 4.69) is 17.6 Å². The number of phenolic OH excluding ortho intramolecular Hbond substituents is 1. The first-order chi connectivity index (χ1) is 9.20. The van der Waals surface area contributed by atoms with Crippen LogP contribution in [-0.2, 0) is 6.54 Å². The Labute approximate surface area is 118 Å². The number of rotatable bonds is 4. The Morgan fingerprint density at radius 3 is 2.79 bits per heavy atom. The molecule has 4 heteroatoms. The highest BCUT2D eigenvalue weighted by atomic mass is 32.1. The molecule has 1 N–H and O–H groups in total. The molecule has 0 spiro atoms. The Morgan fingerprint density at radius 1 is 1.26 bits per heavy atom. The topological polar surface area (TPSA) is 41.8 Å². The molecule has 0 saturated carbocycles. The van der Waals surface area contributed by atoms with Crippen molar-refractivity contribution in [1.82, 2.24) is 0 Å². The molecule has 0 fully saturated rings. The van der Waals surface area contributed by atoms with Crippen molar-refractivity contribution in [3.63, 3.8) is 0 Å². The maximum absolute atomic E-state index is 9.72. The van der Waals surface area contributed by atoms with E-state index in [-0.39, 0.29) is 5.75 Å². The number of aromatic hydroxyl groups is 1. The largest absolute Gasteiger partial charge is 0.507 e. The molecule has 0 amide bonds. The summed E-state index contributed by atoms with van der Waals surface area (Å²) < 4.78 is 5.11. The number of hydrogen-bond acceptors (Lipinski definition) is 4. The molecule has 19 heavy (non-hydrogen) atoms. The van der Waals surface area contributed by atoms with Crippen LogP contribution < -0.4 is 4.74 Å². The Morgan fingerprint density at radius 2 is 2.05 bits per heavy atom. The predicted molar refractivity (Wildman–Crippen MR) is 79.7 cm³/mol. The Kier molecular flexibility index (Phi) is 4.47. The van der Waals surface area contributed by atoms with Gasteiger partial charge in [0.2, 0.25) is 0 Å². The molecular formula is C15H15NO2S. The lowest BCUT2D eigenvalue weighted by Crippen LogP contribution is -1.89. The molecule has 3 nitrogen and oxygen atoms in total. The molecule has 0 radical (unpaired) electrons. The predicted octanol–water partition coefficient (Wildman–Crippen LogP) is 3.31. The number of phenols is 1. The highest BCUT2D eigenvalue weighted by molar-refractivity contribution is 7.80. The summed E-state index contributed by atoms with van der Waals surface area (Å²) in [6.45, 7) is 0.524. The van der Waals surface area contributed by atoms with Crippen LogP contribution in [0.1, 0.15) is 11.1 Å². The van der Waals surface area contributed by atoms with Crippen molar-refractivity contribution >= 4 is 18.8 Å². The van der Waals surface area contributed by atoms with E-state index in [1.165, 1.54) is 0 Å². The van der Waals surface area contributed by atoms with Crippen molar-refractivity contribution in [3.05, 3.63) is 53.6 Å². The van der Waals surface area contributed by atoms with E-state index < -0.39 is 0 Å². The van der Waals surface area contributed by atoms with Gasteiger partial charge in [-0.1, -0.05) is 18.2 Å². The lowest BCUT2D eigenvalue weighted by Gasteiger charge is -2.03. The normalized spacial score (nSPS) is 10.8. The zero-order valence-corrected chi connectivity index (χ0v) is 11.5. The molecule has 0 bridgehead atoms. The first-order valence-electron chi connectivity index (χ1n) is 5.84.